The highest BCUT2D eigenvalue weighted by Gasteiger charge is 2.19. The lowest BCUT2D eigenvalue weighted by Crippen LogP contribution is -2.20. The van der Waals surface area contributed by atoms with E-state index in [2.05, 4.69) is 31.3 Å². The summed E-state index contributed by atoms with van der Waals surface area (Å²) < 4.78 is 1.69. The van der Waals surface area contributed by atoms with Crippen LogP contribution in [0.3, 0.4) is 0 Å². The molecule has 0 fully saturated rings. The Morgan fingerprint density at radius 2 is 2.04 bits per heavy atom. The van der Waals surface area contributed by atoms with E-state index in [-0.39, 0.29) is 11.6 Å². The first kappa shape index (κ1) is 16.6. The number of fused-ring (bicyclic) bond motifs is 2. The van der Waals surface area contributed by atoms with Crippen molar-refractivity contribution in [1.82, 2.24) is 24.3 Å². The van der Waals surface area contributed by atoms with Crippen LogP contribution < -0.4 is 10.9 Å². The van der Waals surface area contributed by atoms with Crippen LogP contribution in [-0.4, -0.2) is 24.3 Å². The first-order valence-corrected chi connectivity index (χ1v) is 9.69. The Hall–Kier alpha value is -3.52. The Kier molecular flexibility index (Phi) is 3.91. The molecule has 5 rings (SSSR count). The Balaban J connectivity index is 1.67. The molecule has 0 aliphatic carbocycles. The van der Waals surface area contributed by atoms with Crippen molar-refractivity contribution in [2.24, 2.45) is 0 Å². The summed E-state index contributed by atoms with van der Waals surface area (Å²) >= 11 is 1.54. The fourth-order valence-corrected chi connectivity index (χ4v) is 4.18. The molecule has 2 N–H and O–H groups in total. The van der Waals surface area contributed by atoms with Crippen LogP contribution >= 0.6 is 11.3 Å². The number of aromatic nitrogens is 5. The average Bonchev–Trinajstić information content (AvgIpc) is 3.38. The fourth-order valence-electron chi connectivity index (χ4n) is 3.40. The Morgan fingerprint density at radius 1 is 1.18 bits per heavy atom. The minimum absolute atomic E-state index is 0.0267. The highest BCUT2D eigenvalue weighted by Crippen LogP contribution is 2.30. The van der Waals surface area contributed by atoms with Crippen LogP contribution in [0.25, 0.3) is 27.1 Å². The number of imidazole rings is 1. The second-order valence-electron chi connectivity index (χ2n) is 6.45. The molecule has 5 aromatic rings. The van der Waals surface area contributed by atoms with E-state index in [0.717, 1.165) is 16.0 Å². The topological polar surface area (TPSA) is 88.0 Å². The lowest BCUT2D eigenvalue weighted by Gasteiger charge is -2.19. The van der Waals surface area contributed by atoms with Gasteiger partial charge in [-0.3, -0.25) is 9.20 Å². The SMILES string of the molecule is CC(Nc1ncnc2[nH]cnc12)c1cc2sccn2c(=O)c1-c1ccccc1. The maximum Gasteiger partial charge on any atom is 0.263 e. The molecule has 0 spiro atoms. The van der Waals surface area contributed by atoms with E-state index in [4.69, 9.17) is 0 Å². The Bertz CT molecular complexity index is 1340. The van der Waals surface area contributed by atoms with Crippen LogP contribution in [0.4, 0.5) is 5.82 Å². The second kappa shape index (κ2) is 6.58. The number of benzene rings is 1. The van der Waals surface area contributed by atoms with Crippen LogP contribution in [0, 0.1) is 0 Å². The number of H-pyrrole nitrogens is 1. The number of hydrogen-bond donors (Lipinski definition) is 2. The van der Waals surface area contributed by atoms with Crippen molar-refractivity contribution < 1.29 is 0 Å². The van der Waals surface area contributed by atoms with E-state index in [1.807, 2.05) is 48.8 Å². The number of thiazole rings is 1. The molecule has 0 bridgehead atoms. The van der Waals surface area contributed by atoms with E-state index in [0.29, 0.717) is 22.5 Å². The number of pyridine rings is 1. The molecule has 1 atom stereocenters. The van der Waals surface area contributed by atoms with E-state index >= 15 is 0 Å². The van der Waals surface area contributed by atoms with Gasteiger partial charge < -0.3 is 10.3 Å². The molecular weight excluding hydrogens is 372 g/mol. The van der Waals surface area contributed by atoms with Crippen molar-refractivity contribution in [1.29, 1.82) is 0 Å². The highest BCUT2D eigenvalue weighted by atomic mass is 32.1. The Labute approximate surface area is 163 Å². The van der Waals surface area contributed by atoms with Crippen molar-refractivity contribution >= 4 is 33.1 Å². The predicted octanol–water partition coefficient (Wildman–Crippen LogP) is 3.87. The maximum atomic E-state index is 13.2. The third-order valence-corrected chi connectivity index (χ3v) is 5.55. The summed E-state index contributed by atoms with van der Waals surface area (Å²) in [6, 6.07) is 11.7. The molecule has 138 valence electrons. The molecule has 28 heavy (non-hydrogen) atoms. The summed E-state index contributed by atoms with van der Waals surface area (Å²) in [5.74, 6) is 0.629. The fraction of sp³-hybridized carbons (Fsp3) is 0.100. The van der Waals surface area contributed by atoms with Gasteiger partial charge in [-0.05, 0) is 24.1 Å². The zero-order chi connectivity index (χ0) is 19.1. The van der Waals surface area contributed by atoms with Crippen LogP contribution in [-0.2, 0) is 0 Å². The first-order chi connectivity index (χ1) is 13.7. The number of hydrogen-bond acceptors (Lipinski definition) is 6. The predicted molar refractivity (Wildman–Crippen MR) is 111 cm³/mol. The van der Waals surface area contributed by atoms with Crippen molar-refractivity contribution in [2.45, 2.75) is 13.0 Å². The molecule has 0 amide bonds. The minimum Gasteiger partial charge on any atom is -0.362 e. The number of nitrogens with one attached hydrogen (secondary N) is 2. The molecular formula is C20H16N6OS. The summed E-state index contributed by atoms with van der Waals surface area (Å²) in [6.07, 6.45) is 4.90. The van der Waals surface area contributed by atoms with Gasteiger partial charge in [-0.1, -0.05) is 30.3 Å². The van der Waals surface area contributed by atoms with E-state index in [9.17, 15) is 4.79 Å². The molecule has 8 heteroatoms. The minimum atomic E-state index is -0.162. The molecule has 0 radical (unpaired) electrons. The van der Waals surface area contributed by atoms with Gasteiger partial charge in [0, 0.05) is 11.6 Å². The van der Waals surface area contributed by atoms with Crippen molar-refractivity contribution in [2.75, 3.05) is 5.32 Å². The van der Waals surface area contributed by atoms with Gasteiger partial charge in [0.2, 0.25) is 0 Å². The standard InChI is InChI=1S/C20H16N6OS/c1-12(25-19-17-18(22-10-21-17)23-11-24-19)14-9-15-26(7-8-28-15)20(27)16(14)13-5-3-2-4-6-13/h2-12H,1H3,(H2,21,22,23,24,25). The largest absolute Gasteiger partial charge is 0.362 e. The third-order valence-electron chi connectivity index (χ3n) is 4.74. The van der Waals surface area contributed by atoms with Crippen molar-refractivity contribution in [3.63, 3.8) is 0 Å². The highest BCUT2D eigenvalue weighted by molar-refractivity contribution is 7.15. The monoisotopic (exact) mass is 388 g/mol. The zero-order valence-electron chi connectivity index (χ0n) is 15.0. The number of aromatic amines is 1. The summed E-state index contributed by atoms with van der Waals surface area (Å²) in [5.41, 5.74) is 3.81. The van der Waals surface area contributed by atoms with Gasteiger partial charge in [0.1, 0.15) is 16.7 Å². The van der Waals surface area contributed by atoms with Crippen molar-refractivity contribution in [3.8, 4) is 11.1 Å². The molecule has 1 unspecified atom stereocenters. The van der Waals surface area contributed by atoms with Gasteiger partial charge in [-0.25, -0.2) is 15.0 Å². The lowest BCUT2D eigenvalue weighted by atomic mass is 9.97. The normalized spacial score (nSPS) is 12.5. The molecule has 4 aromatic heterocycles. The molecule has 4 heterocycles. The lowest BCUT2D eigenvalue weighted by molar-refractivity contribution is 0.871. The second-order valence-corrected chi connectivity index (χ2v) is 7.37. The number of anilines is 1. The average molecular weight is 388 g/mol. The molecule has 0 saturated heterocycles. The quantitative estimate of drug-likeness (QED) is 0.488. The Morgan fingerprint density at radius 3 is 2.89 bits per heavy atom. The summed E-state index contributed by atoms with van der Waals surface area (Å²) in [6.45, 7) is 2.02. The van der Waals surface area contributed by atoms with Gasteiger partial charge >= 0.3 is 0 Å². The molecule has 0 aliphatic rings. The van der Waals surface area contributed by atoms with Crippen LogP contribution in [0.5, 0.6) is 0 Å². The van der Waals surface area contributed by atoms with Crippen LogP contribution in [0.2, 0.25) is 0 Å². The van der Waals surface area contributed by atoms with Crippen LogP contribution in [0.15, 0.2) is 65.4 Å². The number of rotatable bonds is 4. The maximum absolute atomic E-state index is 13.2. The van der Waals surface area contributed by atoms with Crippen LogP contribution in [0.1, 0.15) is 18.5 Å². The van der Waals surface area contributed by atoms with E-state index in [1.54, 1.807) is 10.7 Å². The molecule has 0 aliphatic heterocycles. The van der Waals surface area contributed by atoms with Gasteiger partial charge in [0.15, 0.2) is 11.5 Å². The molecule has 0 saturated carbocycles. The van der Waals surface area contributed by atoms with E-state index in [1.165, 1.54) is 17.7 Å². The third kappa shape index (κ3) is 2.66. The summed E-state index contributed by atoms with van der Waals surface area (Å²) in [7, 11) is 0. The molecule has 7 nitrogen and oxygen atoms in total. The number of nitrogens with zero attached hydrogens (tertiary/aromatic N) is 4. The van der Waals surface area contributed by atoms with Gasteiger partial charge in [0.25, 0.3) is 5.56 Å². The summed E-state index contributed by atoms with van der Waals surface area (Å²) in [5, 5.41) is 5.33. The zero-order valence-corrected chi connectivity index (χ0v) is 15.8. The van der Waals surface area contributed by atoms with Gasteiger partial charge in [-0.2, -0.15) is 0 Å². The first-order valence-electron chi connectivity index (χ1n) is 8.81. The van der Waals surface area contributed by atoms with Crippen molar-refractivity contribution in [3.05, 3.63) is 76.5 Å². The van der Waals surface area contributed by atoms with Gasteiger partial charge in [0.05, 0.1) is 17.9 Å². The smallest absolute Gasteiger partial charge is 0.263 e. The van der Waals surface area contributed by atoms with Gasteiger partial charge in [-0.15, -0.1) is 11.3 Å². The summed E-state index contributed by atoms with van der Waals surface area (Å²) in [4.78, 5) is 29.9. The molecule has 1 aromatic carbocycles. The van der Waals surface area contributed by atoms with E-state index < -0.39 is 0 Å².